The molecule has 0 aliphatic rings. The Bertz CT molecular complexity index is 307. The summed E-state index contributed by atoms with van der Waals surface area (Å²) in [5.41, 5.74) is 6.91. The summed E-state index contributed by atoms with van der Waals surface area (Å²) in [6.07, 6.45) is 2.40. The maximum atomic E-state index is 5.67. The van der Waals surface area contributed by atoms with Gasteiger partial charge >= 0.3 is 0 Å². The molecule has 0 aromatic carbocycles. The van der Waals surface area contributed by atoms with Crippen LogP contribution in [0.25, 0.3) is 0 Å². The topological polar surface area (TPSA) is 35.2 Å². The van der Waals surface area contributed by atoms with Crippen molar-refractivity contribution in [3.8, 4) is 0 Å². The van der Waals surface area contributed by atoms with Crippen LogP contribution in [-0.4, -0.2) is 6.61 Å². The van der Waals surface area contributed by atoms with E-state index in [9.17, 15) is 0 Å². The van der Waals surface area contributed by atoms with Gasteiger partial charge in [-0.1, -0.05) is 13.8 Å². The summed E-state index contributed by atoms with van der Waals surface area (Å²) in [6.45, 7) is 8.87. The summed E-state index contributed by atoms with van der Waals surface area (Å²) in [5.74, 6) is 0.773. The zero-order valence-corrected chi connectivity index (χ0v) is 11.4. The van der Waals surface area contributed by atoms with E-state index in [0.717, 1.165) is 25.6 Å². The van der Waals surface area contributed by atoms with Crippen molar-refractivity contribution >= 4 is 11.3 Å². The number of aryl methyl sites for hydroxylation is 1. The van der Waals surface area contributed by atoms with Crippen LogP contribution in [-0.2, 0) is 17.9 Å². The van der Waals surface area contributed by atoms with Crippen LogP contribution in [0.5, 0.6) is 0 Å². The van der Waals surface area contributed by atoms with Crippen molar-refractivity contribution in [1.29, 1.82) is 0 Å². The van der Waals surface area contributed by atoms with Gasteiger partial charge in [0.1, 0.15) is 0 Å². The number of ether oxygens (including phenoxy) is 1. The lowest BCUT2D eigenvalue weighted by Crippen LogP contribution is -1.98. The highest BCUT2D eigenvalue weighted by Gasteiger charge is 2.04. The van der Waals surface area contributed by atoms with E-state index in [2.05, 4.69) is 26.8 Å². The summed E-state index contributed by atoms with van der Waals surface area (Å²) >= 11 is 1.78. The van der Waals surface area contributed by atoms with Crippen molar-refractivity contribution in [3.05, 3.63) is 21.4 Å². The Morgan fingerprint density at radius 1 is 1.44 bits per heavy atom. The molecule has 16 heavy (non-hydrogen) atoms. The third-order valence-electron chi connectivity index (χ3n) is 2.60. The van der Waals surface area contributed by atoms with E-state index in [1.165, 1.54) is 21.7 Å². The molecular weight excluding hydrogens is 218 g/mol. The quantitative estimate of drug-likeness (QED) is 0.742. The second-order valence-corrected chi connectivity index (χ2v) is 5.93. The summed E-state index contributed by atoms with van der Waals surface area (Å²) in [7, 11) is 0. The minimum absolute atomic E-state index is 0.638. The first-order valence-corrected chi connectivity index (χ1v) is 6.81. The minimum atomic E-state index is 0.638. The molecule has 92 valence electrons. The maximum Gasteiger partial charge on any atom is 0.0727 e. The summed E-state index contributed by atoms with van der Waals surface area (Å²) in [6, 6.07) is 2.17. The van der Waals surface area contributed by atoms with Crippen LogP contribution in [0.15, 0.2) is 6.07 Å². The molecule has 1 rings (SSSR count). The first-order valence-electron chi connectivity index (χ1n) is 5.99. The summed E-state index contributed by atoms with van der Waals surface area (Å²) < 4.78 is 5.67. The molecule has 1 heterocycles. The molecular formula is C13H23NOS. The highest BCUT2D eigenvalue weighted by Crippen LogP contribution is 2.21. The van der Waals surface area contributed by atoms with Crippen LogP contribution < -0.4 is 5.73 Å². The van der Waals surface area contributed by atoms with Gasteiger partial charge in [0.25, 0.3) is 0 Å². The molecule has 0 radical (unpaired) electrons. The fraction of sp³-hybridized carbons (Fsp3) is 0.692. The normalized spacial score (nSPS) is 11.3. The van der Waals surface area contributed by atoms with Gasteiger partial charge in [0, 0.05) is 22.9 Å². The Labute approximate surface area is 103 Å². The van der Waals surface area contributed by atoms with Crippen molar-refractivity contribution < 1.29 is 4.74 Å². The second-order valence-electron chi connectivity index (χ2n) is 4.59. The molecule has 0 aliphatic carbocycles. The average molecular weight is 241 g/mol. The fourth-order valence-corrected chi connectivity index (χ4v) is 2.53. The Morgan fingerprint density at radius 2 is 2.19 bits per heavy atom. The van der Waals surface area contributed by atoms with Crippen LogP contribution in [0.4, 0.5) is 0 Å². The molecule has 0 unspecified atom stereocenters. The van der Waals surface area contributed by atoms with Crippen LogP contribution in [0, 0.1) is 12.8 Å². The zero-order valence-electron chi connectivity index (χ0n) is 10.6. The van der Waals surface area contributed by atoms with E-state index < -0.39 is 0 Å². The molecule has 0 aliphatic heterocycles. The monoisotopic (exact) mass is 241 g/mol. The third kappa shape index (κ3) is 4.64. The molecule has 1 aromatic heterocycles. The Hall–Kier alpha value is -0.380. The van der Waals surface area contributed by atoms with E-state index >= 15 is 0 Å². The van der Waals surface area contributed by atoms with E-state index in [-0.39, 0.29) is 0 Å². The molecule has 0 saturated carbocycles. The molecule has 2 N–H and O–H groups in total. The van der Waals surface area contributed by atoms with Crippen molar-refractivity contribution in [2.45, 2.75) is 46.8 Å². The Morgan fingerprint density at radius 3 is 2.75 bits per heavy atom. The van der Waals surface area contributed by atoms with Crippen LogP contribution >= 0.6 is 11.3 Å². The van der Waals surface area contributed by atoms with Crippen molar-refractivity contribution in [2.24, 2.45) is 11.7 Å². The first-order chi connectivity index (χ1) is 7.63. The molecule has 0 saturated heterocycles. The SMILES string of the molecule is Cc1sc(CN)cc1COCCCC(C)C. The molecule has 2 nitrogen and oxygen atoms in total. The van der Waals surface area contributed by atoms with Gasteiger partial charge in [-0.25, -0.2) is 0 Å². The lowest BCUT2D eigenvalue weighted by molar-refractivity contribution is 0.115. The first kappa shape index (κ1) is 13.7. The average Bonchev–Trinajstić information content (AvgIpc) is 2.59. The minimum Gasteiger partial charge on any atom is -0.377 e. The summed E-state index contributed by atoms with van der Waals surface area (Å²) in [4.78, 5) is 2.59. The zero-order chi connectivity index (χ0) is 12.0. The van der Waals surface area contributed by atoms with Gasteiger partial charge in [0.15, 0.2) is 0 Å². The Balaban J connectivity index is 2.23. The van der Waals surface area contributed by atoms with Crippen molar-refractivity contribution in [3.63, 3.8) is 0 Å². The van der Waals surface area contributed by atoms with E-state index in [1.54, 1.807) is 11.3 Å². The van der Waals surface area contributed by atoms with Crippen LogP contribution in [0.1, 0.15) is 42.0 Å². The van der Waals surface area contributed by atoms with Gasteiger partial charge in [0.05, 0.1) is 6.61 Å². The molecule has 0 atom stereocenters. The van der Waals surface area contributed by atoms with E-state index in [0.29, 0.717) is 6.54 Å². The largest absolute Gasteiger partial charge is 0.377 e. The van der Waals surface area contributed by atoms with Crippen LogP contribution in [0.2, 0.25) is 0 Å². The molecule has 0 spiro atoms. The van der Waals surface area contributed by atoms with Gasteiger partial charge in [-0.3, -0.25) is 0 Å². The predicted molar refractivity (Wildman–Crippen MR) is 70.7 cm³/mol. The maximum absolute atomic E-state index is 5.67. The van der Waals surface area contributed by atoms with E-state index in [1.807, 2.05) is 0 Å². The number of thiophene rings is 1. The second kappa shape index (κ2) is 7.05. The molecule has 1 aromatic rings. The van der Waals surface area contributed by atoms with Gasteiger partial charge < -0.3 is 10.5 Å². The molecule has 0 fully saturated rings. The lowest BCUT2D eigenvalue weighted by Gasteiger charge is -2.05. The van der Waals surface area contributed by atoms with Gasteiger partial charge in [-0.05, 0) is 37.3 Å². The fourth-order valence-electron chi connectivity index (χ4n) is 1.61. The van der Waals surface area contributed by atoms with Gasteiger partial charge in [-0.2, -0.15) is 0 Å². The number of hydrogen-bond acceptors (Lipinski definition) is 3. The number of rotatable bonds is 7. The van der Waals surface area contributed by atoms with Gasteiger partial charge in [-0.15, -0.1) is 11.3 Å². The molecule has 0 bridgehead atoms. The van der Waals surface area contributed by atoms with E-state index in [4.69, 9.17) is 10.5 Å². The summed E-state index contributed by atoms with van der Waals surface area (Å²) in [5, 5.41) is 0. The third-order valence-corrected chi connectivity index (χ3v) is 3.72. The van der Waals surface area contributed by atoms with Crippen molar-refractivity contribution in [1.82, 2.24) is 0 Å². The predicted octanol–water partition coefficient (Wildman–Crippen LogP) is 3.47. The lowest BCUT2D eigenvalue weighted by atomic mass is 10.1. The molecule has 3 heteroatoms. The van der Waals surface area contributed by atoms with Gasteiger partial charge in [0.2, 0.25) is 0 Å². The van der Waals surface area contributed by atoms with Crippen LogP contribution in [0.3, 0.4) is 0 Å². The standard InChI is InChI=1S/C13H23NOS/c1-10(2)5-4-6-15-9-12-7-13(8-14)16-11(12)3/h7,10H,4-6,8-9,14H2,1-3H3. The van der Waals surface area contributed by atoms with Crippen molar-refractivity contribution in [2.75, 3.05) is 6.61 Å². The number of hydrogen-bond donors (Lipinski definition) is 1. The Kier molecular flexibility index (Phi) is 6.03. The smallest absolute Gasteiger partial charge is 0.0727 e. The molecule has 0 amide bonds. The number of nitrogens with two attached hydrogens (primary N) is 1. The highest BCUT2D eigenvalue weighted by atomic mass is 32.1. The highest BCUT2D eigenvalue weighted by molar-refractivity contribution is 7.12.